The summed E-state index contributed by atoms with van der Waals surface area (Å²) in [5.74, 6) is -0.249. The molecule has 1 aliphatic rings. The number of carbonyl (C=O) groups is 3. The first-order valence-corrected chi connectivity index (χ1v) is 8.64. The van der Waals surface area contributed by atoms with Crippen LogP contribution in [-0.4, -0.2) is 58.7 Å². The van der Waals surface area contributed by atoms with Crippen molar-refractivity contribution < 1.29 is 14.4 Å². The first-order chi connectivity index (χ1) is 12.5. The van der Waals surface area contributed by atoms with Crippen molar-refractivity contribution in [3.8, 4) is 0 Å². The van der Waals surface area contributed by atoms with Crippen LogP contribution < -0.4 is 5.32 Å². The van der Waals surface area contributed by atoms with Crippen LogP contribution in [0.15, 0.2) is 42.6 Å². The minimum atomic E-state index is -0.150. The summed E-state index contributed by atoms with van der Waals surface area (Å²) in [7, 11) is 0. The largest absolute Gasteiger partial charge is 0.357 e. The van der Waals surface area contributed by atoms with E-state index in [0.29, 0.717) is 43.1 Å². The number of rotatable bonds is 3. The highest BCUT2D eigenvalue weighted by atomic mass is 16.2. The summed E-state index contributed by atoms with van der Waals surface area (Å²) in [6.45, 7) is 3.69. The third-order valence-electron chi connectivity index (χ3n) is 4.35. The summed E-state index contributed by atoms with van der Waals surface area (Å²) in [5.41, 5.74) is 1.80. The van der Waals surface area contributed by atoms with E-state index in [9.17, 15) is 14.4 Å². The zero-order valence-corrected chi connectivity index (χ0v) is 14.7. The normalized spacial score (nSPS) is 14.7. The van der Waals surface area contributed by atoms with Gasteiger partial charge in [0.15, 0.2) is 0 Å². The van der Waals surface area contributed by atoms with Gasteiger partial charge < -0.3 is 20.1 Å². The van der Waals surface area contributed by atoms with Crippen LogP contribution in [0.2, 0.25) is 0 Å². The summed E-state index contributed by atoms with van der Waals surface area (Å²) in [5, 5.41) is 2.68. The molecule has 3 rings (SSSR count). The highest BCUT2D eigenvalue weighted by Crippen LogP contribution is 2.14. The number of hydrogen-bond acceptors (Lipinski definition) is 3. The van der Waals surface area contributed by atoms with Crippen molar-refractivity contribution in [2.24, 2.45) is 0 Å². The average molecular weight is 354 g/mol. The molecule has 2 heterocycles. The van der Waals surface area contributed by atoms with Crippen LogP contribution in [0.5, 0.6) is 0 Å². The van der Waals surface area contributed by atoms with Crippen LogP contribution in [-0.2, 0) is 4.79 Å². The van der Waals surface area contributed by atoms with Gasteiger partial charge in [-0.2, -0.15) is 0 Å². The molecule has 0 radical (unpaired) electrons. The summed E-state index contributed by atoms with van der Waals surface area (Å²) in [4.78, 5) is 42.7. The Labute approximate surface area is 152 Å². The fraction of sp³-hybridized carbons (Fsp3) is 0.316. The van der Waals surface area contributed by atoms with Gasteiger partial charge in [0.25, 0.3) is 11.8 Å². The molecular weight excluding hydrogens is 332 g/mol. The van der Waals surface area contributed by atoms with Crippen molar-refractivity contribution in [1.82, 2.24) is 14.8 Å². The standard InChI is InChI=1S/C19H22N4O3/c1-14(24)21-16-7-5-15(6-8-16)18(25)22-10-3-11-23(13-12-22)19(26)17-4-2-9-20-17/h2,4-9,20H,3,10-13H2,1H3,(H,21,24). The van der Waals surface area contributed by atoms with Gasteiger partial charge in [0.1, 0.15) is 5.69 Å². The number of aromatic amines is 1. The second-order valence-electron chi connectivity index (χ2n) is 6.28. The van der Waals surface area contributed by atoms with Crippen LogP contribution in [0, 0.1) is 0 Å². The number of anilines is 1. The van der Waals surface area contributed by atoms with Crippen LogP contribution in [0.3, 0.4) is 0 Å². The van der Waals surface area contributed by atoms with E-state index >= 15 is 0 Å². The zero-order valence-electron chi connectivity index (χ0n) is 14.7. The van der Waals surface area contributed by atoms with Crippen molar-refractivity contribution in [2.45, 2.75) is 13.3 Å². The van der Waals surface area contributed by atoms with E-state index in [1.165, 1.54) is 6.92 Å². The molecule has 26 heavy (non-hydrogen) atoms. The molecule has 1 aromatic carbocycles. The molecule has 0 unspecified atom stereocenters. The molecule has 1 aromatic heterocycles. The molecular formula is C19H22N4O3. The van der Waals surface area contributed by atoms with Crippen molar-refractivity contribution in [1.29, 1.82) is 0 Å². The third kappa shape index (κ3) is 4.11. The number of aromatic nitrogens is 1. The molecule has 7 nitrogen and oxygen atoms in total. The second kappa shape index (κ2) is 7.86. The molecule has 0 saturated carbocycles. The molecule has 1 aliphatic heterocycles. The van der Waals surface area contributed by atoms with Gasteiger partial charge in [0.2, 0.25) is 5.91 Å². The Morgan fingerprint density at radius 3 is 2.15 bits per heavy atom. The van der Waals surface area contributed by atoms with Crippen molar-refractivity contribution in [2.75, 3.05) is 31.5 Å². The molecule has 3 amide bonds. The van der Waals surface area contributed by atoms with Gasteiger partial charge in [0, 0.05) is 50.6 Å². The number of hydrogen-bond donors (Lipinski definition) is 2. The van der Waals surface area contributed by atoms with Gasteiger partial charge in [-0.1, -0.05) is 0 Å². The molecule has 1 fully saturated rings. The number of benzene rings is 1. The lowest BCUT2D eigenvalue weighted by atomic mass is 10.1. The molecule has 136 valence electrons. The number of amides is 3. The first kappa shape index (κ1) is 17.7. The van der Waals surface area contributed by atoms with Gasteiger partial charge in [-0.15, -0.1) is 0 Å². The molecule has 0 spiro atoms. The average Bonchev–Trinajstić information content (AvgIpc) is 3.05. The number of nitrogens with one attached hydrogen (secondary N) is 2. The summed E-state index contributed by atoms with van der Waals surface area (Å²) < 4.78 is 0. The predicted octanol–water partition coefficient (Wildman–Crippen LogP) is 1.96. The maximum Gasteiger partial charge on any atom is 0.270 e. The van der Waals surface area contributed by atoms with Crippen molar-refractivity contribution in [3.05, 3.63) is 53.9 Å². The monoisotopic (exact) mass is 354 g/mol. The lowest BCUT2D eigenvalue weighted by Gasteiger charge is -2.22. The fourth-order valence-electron chi connectivity index (χ4n) is 3.04. The maximum atomic E-state index is 12.7. The van der Waals surface area contributed by atoms with Gasteiger partial charge in [-0.05, 0) is 42.8 Å². The zero-order chi connectivity index (χ0) is 18.5. The summed E-state index contributed by atoms with van der Waals surface area (Å²) in [6.07, 6.45) is 2.47. The SMILES string of the molecule is CC(=O)Nc1ccc(C(=O)N2CCCN(C(=O)c3ccc[nH]3)CC2)cc1. The molecule has 1 saturated heterocycles. The molecule has 0 atom stereocenters. The van der Waals surface area contributed by atoms with Crippen molar-refractivity contribution in [3.63, 3.8) is 0 Å². The van der Waals surface area contributed by atoms with E-state index in [4.69, 9.17) is 0 Å². The molecule has 0 aliphatic carbocycles. The highest BCUT2D eigenvalue weighted by Gasteiger charge is 2.23. The molecule has 0 bridgehead atoms. The Bertz CT molecular complexity index is 784. The van der Waals surface area contributed by atoms with Crippen LogP contribution >= 0.6 is 0 Å². The minimum Gasteiger partial charge on any atom is -0.357 e. The Hall–Kier alpha value is -3.09. The second-order valence-corrected chi connectivity index (χ2v) is 6.28. The third-order valence-corrected chi connectivity index (χ3v) is 4.35. The Morgan fingerprint density at radius 1 is 0.923 bits per heavy atom. The highest BCUT2D eigenvalue weighted by molar-refractivity contribution is 5.96. The minimum absolute atomic E-state index is 0.0380. The number of nitrogens with zero attached hydrogens (tertiary/aromatic N) is 2. The van der Waals surface area contributed by atoms with E-state index in [1.807, 2.05) is 0 Å². The van der Waals surface area contributed by atoms with Crippen molar-refractivity contribution >= 4 is 23.4 Å². The topological polar surface area (TPSA) is 85.5 Å². The quantitative estimate of drug-likeness (QED) is 0.883. The first-order valence-electron chi connectivity index (χ1n) is 8.64. The van der Waals surface area contributed by atoms with E-state index in [2.05, 4.69) is 10.3 Å². The van der Waals surface area contributed by atoms with Gasteiger partial charge in [-0.3, -0.25) is 14.4 Å². The Kier molecular flexibility index (Phi) is 5.36. The van der Waals surface area contributed by atoms with E-state index < -0.39 is 0 Å². The van der Waals surface area contributed by atoms with Gasteiger partial charge in [-0.25, -0.2) is 0 Å². The molecule has 2 aromatic rings. The van der Waals surface area contributed by atoms with E-state index in [1.54, 1.807) is 52.4 Å². The number of carbonyl (C=O) groups excluding carboxylic acids is 3. The van der Waals surface area contributed by atoms with E-state index in [0.717, 1.165) is 6.42 Å². The summed E-state index contributed by atoms with van der Waals surface area (Å²) in [6, 6.07) is 10.4. The van der Waals surface area contributed by atoms with Crippen LogP contribution in [0.4, 0.5) is 5.69 Å². The lowest BCUT2D eigenvalue weighted by Crippen LogP contribution is -2.37. The summed E-state index contributed by atoms with van der Waals surface area (Å²) >= 11 is 0. The Balaban J connectivity index is 1.62. The smallest absolute Gasteiger partial charge is 0.270 e. The van der Waals surface area contributed by atoms with Crippen LogP contribution in [0.1, 0.15) is 34.2 Å². The molecule has 7 heteroatoms. The van der Waals surface area contributed by atoms with Gasteiger partial charge >= 0.3 is 0 Å². The van der Waals surface area contributed by atoms with Gasteiger partial charge in [0.05, 0.1) is 0 Å². The fourth-order valence-corrected chi connectivity index (χ4v) is 3.04. The predicted molar refractivity (Wildman–Crippen MR) is 98.0 cm³/mol. The van der Waals surface area contributed by atoms with Crippen LogP contribution in [0.25, 0.3) is 0 Å². The maximum absolute atomic E-state index is 12.7. The number of H-pyrrole nitrogens is 1. The van der Waals surface area contributed by atoms with E-state index in [-0.39, 0.29) is 17.7 Å². The Morgan fingerprint density at radius 2 is 1.58 bits per heavy atom. The molecule has 2 N–H and O–H groups in total. The lowest BCUT2D eigenvalue weighted by molar-refractivity contribution is -0.114.